The van der Waals surface area contributed by atoms with Crippen LogP contribution in [-0.4, -0.2) is 26.7 Å². The van der Waals surface area contributed by atoms with Crippen LogP contribution < -0.4 is 5.43 Å². The lowest BCUT2D eigenvalue weighted by atomic mass is 9.92. The third-order valence-corrected chi connectivity index (χ3v) is 5.81. The summed E-state index contributed by atoms with van der Waals surface area (Å²) in [6.07, 6.45) is 2.68. The van der Waals surface area contributed by atoms with Gasteiger partial charge in [0, 0.05) is 13.1 Å². The molecule has 9 heteroatoms. The quantitative estimate of drug-likeness (QED) is 0.522. The molecule has 0 radical (unpaired) electrons. The molecule has 30 heavy (non-hydrogen) atoms. The van der Waals surface area contributed by atoms with Gasteiger partial charge in [0.2, 0.25) is 5.95 Å². The summed E-state index contributed by atoms with van der Waals surface area (Å²) in [6.45, 7) is -0.0457. The highest BCUT2D eigenvalue weighted by atomic mass is 19.3. The first-order valence-corrected chi connectivity index (χ1v) is 10.2. The van der Waals surface area contributed by atoms with Crippen LogP contribution in [0.15, 0.2) is 18.2 Å². The summed E-state index contributed by atoms with van der Waals surface area (Å²) in [4.78, 5) is 13.1. The molecule has 162 valence electrons. The molecule has 1 aromatic carbocycles. The zero-order valence-corrected chi connectivity index (χ0v) is 16.7. The fourth-order valence-electron chi connectivity index (χ4n) is 4.13. The van der Waals surface area contributed by atoms with E-state index in [0.717, 1.165) is 49.1 Å². The monoisotopic (exact) mass is 424 g/mol. The molecule has 5 nitrogen and oxygen atoms in total. The smallest absolute Gasteiger partial charge is 0.269 e. The minimum Gasteiger partial charge on any atom is -0.269 e. The highest BCUT2D eigenvalue weighted by Gasteiger charge is 2.34. The fourth-order valence-corrected chi connectivity index (χ4v) is 4.13. The Morgan fingerprint density at radius 3 is 2.57 bits per heavy atom. The maximum atomic E-state index is 14.5. The number of carbonyl (C=O) groups excluding carboxylic acids is 1. The summed E-state index contributed by atoms with van der Waals surface area (Å²) in [5.41, 5.74) is 2.90. The summed E-state index contributed by atoms with van der Waals surface area (Å²) in [5.74, 6) is -2.21. The molecule has 1 aromatic heterocycles. The van der Waals surface area contributed by atoms with Crippen molar-refractivity contribution in [2.45, 2.75) is 63.5 Å². The number of rotatable bonds is 7. The molecule has 2 fully saturated rings. The maximum absolute atomic E-state index is 14.5. The predicted molar refractivity (Wildman–Crippen MR) is 102 cm³/mol. The number of carbonyl (C=O) groups is 1. The first kappa shape index (κ1) is 20.8. The summed E-state index contributed by atoms with van der Waals surface area (Å²) >= 11 is 0. The minimum atomic E-state index is -3.09. The van der Waals surface area contributed by atoms with Crippen LogP contribution in [0, 0.1) is 11.8 Å². The van der Waals surface area contributed by atoms with Crippen molar-refractivity contribution >= 4 is 5.91 Å². The number of aromatic nitrogens is 2. The molecular weight excluding hydrogens is 400 g/mol. The minimum absolute atomic E-state index is 0.00664. The molecule has 4 rings (SSSR count). The summed E-state index contributed by atoms with van der Waals surface area (Å²) in [5, 5.41) is 4.60. The Kier molecular flexibility index (Phi) is 5.81. The molecule has 1 N–H and O–H groups in total. The molecule has 0 unspecified atom stereocenters. The molecule has 2 aliphatic carbocycles. The number of benzene rings is 1. The number of alkyl halides is 2. The molecule has 0 atom stereocenters. The lowest BCUT2D eigenvalue weighted by molar-refractivity contribution is 0.0614. The van der Waals surface area contributed by atoms with E-state index in [-0.39, 0.29) is 18.5 Å². The van der Waals surface area contributed by atoms with Crippen LogP contribution in [0.3, 0.4) is 0 Å². The predicted octanol–water partition coefficient (Wildman–Crippen LogP) is 4.60. The average molecular weight is 424 g/mol. The molecule has 2 aromatic rings. The van der Waals surface area contributed by atoms with E-state index >= 15 is 0 Å². The SMILES string of the molecule is Cn1nc(C(F)F)c(C(=O)N(Cc2cc(F)ccc2C2CCCC2)NC2CC2)c1F. The van der Waals surface area contributed by atoms with Crippen LogP contribution in [0.25, 0.3) is 0 Å². The Morgan fingerprint density at radius 1 is 1.23 bits per heavy atom. The summed E-state index contributed by atoms with van der Waals surface area (Å²) in [6, 6.07) is 4.51. The number of amides is 1. The van der Waals surface area contributed by atoms with Crippen LogP contribution in [0.5, 0.6) is 0 Å². The maximum Gasteiger partial charge on any atom is 0.283 e. The Balaban J connectivity index is 1.68. The van der Waals surface area contributed by atoms with E-state index in [1.807, 2.05) is 0 Å². The fraction of sp³-hybridized carbons (Fsp3) is 0.524. The highest BCUT2D eigenvalue weighted by molar-refractivity contribution is 5.95. The summed E-state index contributed by atoms with van der Waals surface area (Å²) < 4.78 is 55.9. The van der Waals surface area contributed by atoms with Crippen molar-refractivity contribution in [3.05, 3.63) is 52.3 Å². The molecule has 0 aliphatic heterocycles. The van der Waals surface area contributed by atoms with Gasteiger partial charge in [-0.3, -0.25) is 9.80 Å². The number of hydrogen-bond acceptors (Lipinski definition) is 3. The zero-order chi connectivity index (χ0) is 21.4. The van der Waals surface area contributed by atoms with E-state index in [1.165, 1.54) is 19.2 Å². The largest absolute Gasteiger partial charge is 0.283 e. The number of hydrazine groups is 1. The number of halogens is 4. The van der Waals surface area contributed by atoms with Crippen molar-refractivity contribution in [3.63, 3.8) is 0 Å². The van der Waals surface area contributed by atoms with Gasteiger partial charge in [-0.05, 0) is 54.9 Å². The molecule has 2 aliphatic rings. The second kappa shape index (κ2) is 8.37. The van der Waals surface area contributed by atoms with Gasteiger partial charge in [-0.25, -0.2) is 23.3 Å². The van der Waals surface area contributed by atoms with Crippen molar-refractivity contribution in [1.82, 2.24) is 20.2 Å². The van der Waals surface area contributed by atoms with Gasteiger partial charge in [-0.1, -0.05) is 18.9 Å². The van der Waals surface area contributed by atoms with Crippen LogP contribution in [-0.2, 0) is 13.6 Å². The molecule has 0 bridgehead atoms. The Hall–Kier alpha value is -2.42. The zero-order valence-electron chi connectivity index (χ0n) is 16.7. The van der Waals surface area contributed by atoms with Gasteiger partial charge in [0.1, 0.15) is 17.1 Å². The van der Waals surface area contributed by atoms with Gasteiger partial charge in [-0.15, -0.1) is 0 Å². The first-order chi connectivity index (χ1) is 14.3. The lowest BCUT2D eigenvalue weighted by Crippen LogP contribution is -2.44. The average Bonchev–Trinajstić information content (AvgIpc) is 3.24. The Bertz CT molecular complexity index is 935. The third kappa shape index (κ3) is 4.21. The van der Waals surface area contributed by atoms with Crippen molar-refractivity contribution in [2.24, 2.45) is 7.05 Å². The van der Waals surface area contributed by atoms with Crippen LogP contribution in [0.4, 0.5) is 17.6 Å². The normalized spacial score (nSPS) is 17.1. The second-order valence-corrected chi connectivity index (χ2v) is 8.09. The molecule has 1 heterocycles. The van der Waals surface area contributed by atoms with Crippen LogP contribution in [0.1, 0.15) is 78.0 Å². The van der Waals surface area contributed by atoms with Gasteiger partial charge < -0.3 is 0 Å². The molecule has 2 saturated carbocycles. The molecule has 1 amide bonds. The lowest BCUT2D eigenvalue weighted by Gasteiger charge is -2.26. The van der Waals surface area contributed by atoms with E-state index in [4.69, 9.17) is 0 Å². The molecule has 0 saturated heterocycles. The van der Waals surface area contributed by atoms with Crippen LogP contribution >= 0.6 is 0 Å². The van der Waals surface area contributed by atoms with Gasteiger partial charge in [0.25, 0.3) is 12.3 Å². The van der Waals surface area contributed by atoms with Gasteiger partial charge in [0.05, 0.1) is 6.54 Å². The van der Waals surface area contributed by atoms with Crippen LogP contribution in [0.2, 0.25) is 0 Å². The van der Waals surface area contributed by atoms with Gasteiger partial charge >= 0.3 is 0 Å². The van der Waals surface area contributed by atoms with E-state index in [9.17, 15) is 22.4 Å². The van der Waals surface area contributed by atoms with Crippen molar-refractivity contribution in [2.75, 3.05) is 0 Å². The summed E-state index contributed by atoms with van der Waals surface area (Å²) in [7, 11) is 1.17. The van der Waals surface area contributed by atoms with Gasteiger partial charge in [0.15, 0.2) is 0 Å². The number of aryl methyl sites for hydroxylation is 1. The standard InChI is InChI=1S/C21H24F4N4O/c1-28-20(25)17(18(27-28)19(23)24)21(30)29(26-15-7-8-15)11-13-10-14(22)6-9-16(13)12-4-2-3-5-12/h6,9-10,12,15,19,26H,2-5,7-8,11H2,1H3. The van der Waals surface area contributed by atoms with E-state index in [2.05, 4.69) is 10.5 Å². The highest BCUT2D eigenvalue weighted by Crippen LogP contribution is 2.37. The topological polar surface area (TPSA) is 50.2 Å². The Labute approximate surface area is 172 Å². The van der Waals surface area contributed by atoms with E-state index < -0.39 is 35.4 Å². The second-order valence-electron chi connectivity index (χ2n) is 8.09. The number of nitrogens with one attached hydrogen (secondary N) is 1. The Morgan fingerprint density at radius 2 is 1.93 bits per heavy atom. The van der Waals surface area contributed by atoms with E-state index in [0.29, 0.717) is 10.2 Å². The van der Waals surface area contributed by atoms with E-state index in [1.54, 1.807) is 6.07 Å². The van der Waals surface area contributed by atoms with Crippen molar-refractivity contribution in [3.8, 4) is 0 Å². The third-order valence-electron chi connectivity index (χ3n) is 5.81. The van der Waals surface area contributed by atoms with Crippen molar-refractivity contribution in [1.29, 1.82) is 0 Å². The van der Waals surface area contributed by atoms with Crippen molar-refractivity contribution < 1.29 is 22.4 Å². The number of nitrogens with zero attached hydrogens (tertiary/aromatic N) is 3. The van der Waals surface area contributed by atoms with Gasteiger partial charge in [-0.2, -0.15) is 9.49 Å². The molecule has 0 spiro atoms. The molecular formula is C21H24F4N4O. The first-order valence-electron chi connectivity index (χ1n) is 10.2. The number of hydrogen-bond donors (Lipinski definition) is 1.